The number of benzene rings is 1. The van der Waals surface area contributed by atoms with E-state index in [0.29, 0.717) is 0 Å². The van der Waals surface area contributed by atoms with Gasteiger partial charge in [0.1, 0.15) is 5.75 Å². The maximum Gasteiger partial charge on any atom is 0.195 e. The van der Waals surface area contributed by atoms with E-state index in [9.17, 15) is 0 Å². The molecule has 1 aromatic carbocycles. The first-order chi connectivity index (χ1) is 15.2. The molecule has 2 aromatic rings. The first-order valence-electron chi connectivity index (χ1n) is 11.3. The third-order valence-electron chi connectivity index (χ3n) is 4.99. The molecule has 1 fully saturated rings. The maximum absolute atomic E-state index is 5.74. The Hall–Kier alpha value is -1.36. The van der Waals surface area contributed by atoms with E-state index in [2.05, 4.69) is 33.0 Å². The van der Waals surface area contributed by atoms with Crippen molar-refractivity contribution in [1.82, 2.24) is 10.2 Å². The third-order valence-corrected chi connectivity index (χ3v) is 5.93. The molecule has 0 saturated carbocycles. The molecule has 0 atom stereocenters. The SMILES string of the molecule is CC(C)Oc1ccc(NC(=NCCCCN2CCOCC2)NCCc2cccs2)cc1.I. The van der Waals surface area contributed by atoms with Crippen LogP contribution in [0.25, 0.3) is 0 Å². The molecule has 32 heavy (non-hydrogen) atoms. The van der Waals surface area contributed by atoms with Crippen LogP contribution in [0, 0.1) is 0 Å². The van der Waals surface area contributed by atoms with Gasteiger partial charge < -0.3 is 20.1 Å². The highest BCUT2D eigenvalue weighted by molar-refractivity contribution is 14.0. The number of anilines is 1. The number of thiophene rings is 1. The molecule has 6 nitrogen and oxygen atoms in total. The first-order valence-corrected chi connectivity index (χ1v) is 12.2. The fraction of sp³-hybridized carbons (Fsp3) is 0.542. The monoisotopic (exact) mass is 572 g/mol. The summed E-state index contributed by atoms with van der Waals surface area (Å²) in [6.07, 6.45) is 3.41. The maximum atomic E-state index is 5.74. The minimum absolute atomic E-state index is 0. The molecule has 1 aromatic heterocycles. The van der Waals surface area contributed by atoms with Crippen molar-refractivity contribution in [3.05, 3.63) is 46.7 Å². The minimum atomic E-state index is 0. The summed E-state index contributed by atoms with van der Waals surface area (Å²) in [7, 11) is 0. The van der Waals surface area contributed by atoms with E-state index in [1.54, 1.807) is 11.3 Å². The molecular weight excluding hydrogens is 535 g/mol. The van der Waals surface area contributed by atoms with Gasteiger partial charge in [0.05, 0.1) is 19.3 Å². The van der Waals surface area contributed by atoms with Gasteiger partial charge in [-0.3, -0.25) is 9.89 Å². The topological polar surface area (TPSA) is 58.1 Å². The summed E-state index contributed by atoms with van der Waals surface area (Å²) in [4.78, 5) is 8.68. The van der Waals surface area contributed by atoms with Gasteiger partial charge in [-0.25, -0.2) is 0 Å². The Morgan fingerprint density at radius 3 is 2.62 bits per heavy atom. The van der Waals surface area contributed by atoms with Crippen LogP contribution >= 0.6 is 35.3 Å². The Bertz CT molecular complexity index is 763. The Kier molecular flexibility index (Phi) is 13.0. The lowest BCUT2D eigenvalue weighted by Gasteiger charge is -2.26. The number of nitrogens with zero attached hydrogens (tertiary/aromatic N) is 2. The summed E-state index contributed by atoms with van der Waals surface area (Å²) >= 11 is 1.80. The molecule has 0 spiro atoms. The Morgan fingerprint density at radius 1 is 1.16 bits per heavy atom. The number of hydrogen-bond acceptors (Lipinski definition) is 5. The van der Waals surface area contributed by atoms with Crippen LogP contribution in [0.15, 0.2) is 46.8 Å². The van der Waals surface area contributed by atoms with Gasteiger partial charge in [-0.1, -0.05) is 6.07 Å². The zero-order valence-corrected chi connectivity index (χ0v) is 22.4. The van der Waals surface area contributed by atoms with Gasteiger partial charge in [0, 0.05) is 36.7 Å². The third kappa shape index (κ3) is 10.5. The molecule has 1 saturated heterocycles. The van der Waals surface area contributed by atoms with Crippen LogP contribution in [0.2, 0.25) is 0 Å². The molecule has 0 bridgehead atoms. The largest absolute Gasteiger partial charge is 0.491 e. The zero-order chi connectivity index (χ0) is 21.7. The number of halogens is 1. The van der Waals surface area contributed by atoms with Crippen molar-refractivity contribution in [3.63, 3.8) is 0 Å². The second kappa shape index (κ2) is 15.5. The summed E-state index contributed by atoms with van der Waals surface area (Å²) in [5.74, 6) is 1.72. The standard InChI is InChI=1S/C24H36N4O2S.HI/c1-20(2)30-22-9-7-21(8-10-22)27-24(26-13-11-23-6-5-19-31-23)25-12-3-4-14-28-15-17-29-18-16-28;/h5-10,19-20H,3-4,11-18H2,1-2H3,(H2,25,26,27);1H. The lowest BCUT2D eigenvalue weighted by atomic mass is 10.3. The molecule has 0 aliphatic carbocycles. The van der Waals surface area contributed by atoms with Crippen molar-refractivity contribution in [2.24, 2.45) is 4.99 Å². The van der Waals surface area contributed by atoms with Crippen molar-refractivity contribution in [3.8, 4) is 5.75 Å². The van der Waals surface area contributed by atoms with Gasteiger partial charge in [0.2, 0.25) is 0 Å². The Balaban J connectivity index is 0.00000363. The summed E-state index contributed by atoms with van der Waals surface area (Å²) in [6.45, 7) is 10.7. The van der Waals surface area contributed by atoms with Gasteiger partial charge in [-0.15, -0.1) is 35.3 Å². The van der Waals surface area contributed by atoms with Crippen molar-refractivity contribution in [1.29, 1.82) is 0 Å². The predicted octanol–water partition coefficient (Wildman–Crippen LogP) is 4.87. The molecule has 3 rings (SSSR count). The fourth-order valence-corrected chi connectivity index (χ4v) is 4.10. The second-order valence-corrected chi connectivity index (χ2v) is 9.00. The van der Waals surface area contributed by atoms with Gasteiger partial charge in [0.25, 0.3) is 0 Å². The van der Waals surface area contributed by atoms with Gasteiger partial charge >= 0.3 is 0 Å². The molecule has 2 N–H and O–H groups in total. The number of guanidine groups is 1. The molecular formula is C24H37IN4O2S. The highest BCUT2D eigenvalue weighted by Gasteiger charge is 2.09. The van der Waals surface area contributed by atoms with Gasteiger partial charge in [0.15, 0.2) is 5.96 Å². The number of unbranched alkanes of at least 4 members (excludes halogenated alkanes) is 1. The summed E-state index contributed by atoms with van der Waals surface area (Å²) in [6, 6.07) is 12.3. The molecule has 178 valence electrons. The molecule has 1 aliphatic heterocycles. The van der Waals surface area contributed by atoms with Crippen LogP contribution in [0.4, 0.5) is 5.69 Å². The molecule has 1 aliphatic rings. The van der Waals surface area contributed by atoms with Crippen LogP contribution in [-0.2, 0) is 11.2 Å². The second-order valence-electron chi connectivity index (χ2n) is 7.96. The van der Waals surface area contributed by atoms with Crippen molar-refractivity contribution in [2.75, 3.05) is 51.3 Å². The number of hydrogen-bond donors (Lipinski definition) is 2. The minimum Gasteiger partial charge on any atom is -0.491 e. The number of rotatable bonds is 11. The highest BCUT2D eigenvalue weighted by atomic mass is 127. The average Bonchev–Trinajstić information content (AvgIpc) is 3.28. The van der Waals surface area contributed by atoms with Crippen molar-refractivity contribution in [2.45, 2.75) is 39.2 Å². The van der Waals surface area contributed by atoms with Crippen molar-refractivity contribution >= 4 is 47.0 Å². The van der Waals surface area contributed by atoms with Crippen molar-refractivity contribution < 1.29 is 9.47 Å². The first kappa shape index (κ1) is 26.9. The van der Waals surface area contributed by atoms with E-state index < -0.39 is 0 Å². The van der Waals surface area contributed by atoms with Crippen LogP contribution < -0.4 is 15.4 Å². The molecule has 8 heteroatoms. The van der Waals surface area contributed by atoms with Crippen LogP contribution in [-0.4, -0.2) is 62.9 Å². The lowest BCUT2D eigenvalue weighted by Crippen LogP contribution is -2.36. The van der Waals surface area contributed by atoms with E-state index in [0.717, 1.165) is 82.6 Å². The van der Waals surface area contributed by atoms with E-state index in [1.165, 1.54) is 4.88 Å². The summed E-state index contributed by atoms with van der Waals surface area (Å²) in [5, 5.41) is 9.04. The quantitative estimate of drug-likeness (QED) is 0.174. The molecule has 0 amide bonds. The molecule has 2 heterocycles. The van der Waals surface area contributed by atoms with E-state index in [1.807, 2.05) is 38.1 Å². The number of morpholine rings is 1. The smallest absolute Gasteiger partial charge is 0.195 e. The normalized spacial score (nSPS) is 14.8. The van der Waals surface area contributed by atoms with Gasteiger partial charge in [-0.05, 0) is 75.4 Å². The number of ether oxygens (including phenoxy) is 2. The van der Waals surface area contributed by atoms with Crippen LogP contribution in [0.3, 0.4) is 0 Å². The number of aliphatic imine (C=N–C) groups is 1. The summed E-state index contributed by atoms with van der Waals surface area (Å²) < 4.78 is 11.2. The highest BCUT2D eigenvalue weighted by Crippen LogP contribution is 2.17. The van der Waals surface area contributed by atoms with E-state index in [-0.39, 0.29) is 30.1 Å². The zero-order valence-electron chi connectivity index (χ0n) is 19.2. The van der Waals surface area contributed by atoms with Crippen LogP contribution in [0.5, 0.6) is 5.75 Å². The molecule has 0 radical (unpaired) electrons. The fourth-order valence-electron chi connectivity index (χ4n) is 3.39. The Labute approximate surface area is 213 Å². The Morgan fingerprint density at radius 2 is 1.94 bits per heavy atom. The predicted molar refractivity (Wildman–Crippen MR) is 146 cm³/mol. The van der Waals surface area contributed by atoms with E-state index in [4.69, 9.17) is 14.5 Å². The van der Waals surface area contributed by atoms with Crippen LogP contribution in [0.1, 0.15) is 31.6 Å². The lowest BCUT2D eigenvalue weighted by molar-refractivity contribution is 0.0373. The summed E-state index contributed by atoms with van der Waals surface area (Å²) in [5.41, 5.74) is 1.01. The van der Waals surface area contributed by atoms with Gasteiger partial charge in [-0.2, -0.15) is 0 Å². The van der Waals surface area contributed by atoms with E-state index >= 15 is 0 Å². The average molecular weight is 573 g/mol. The molecule has 0 unspecified atom stereocenters. The number of nitrogens with one attached hydrogen (secondary N) is 2.